The predicted molar refractivity (Wildman–Crippen MR) is 107 cm³/mol. The molecule has 27 heavy (non-hydrogen) atoms. The molecule has 6 heteroatoms. The summed E-state index contributed by atoms with van der Waals surface area (Å²) in [5.41, 5.74) is 1.34. The molecule has 0 radical (unpaired) electrons. The number of aromatic amines is 1. The quantitative estimate of drug-likeness (QED) is 0.550. The Hall–Kier alpha value is -1.82. The Balaban J connectivity index is 1.52. The molecule has 6 rings (SSSR count). The number of hydrogen-bond acceptors (Lipinski definition) is 3. The zero-order valence-electron chi connectivity index (χ0n) is 15.3. The largest absolute Gasteiger partial charge is 0.464 e. The Kier molecular flexibility index (Phi) is 3.74. The van der Waals surface area contributed by atoms with Crippen LogP contribution in [-0.2, 0) is 9.53 Å². The molecular formula is C21H23BrN2O3. The van der Waals surface area contributed by atoms with Gasteiger partial charge in [-0.2, -0.15) is 0 Å². The van der Waals surface area contributed by atoms with E-state index in [9.17, 15) is 9.59 Å². The summed E-state index contributed by atoms with van der Waals surface area (Å²) in [7, 11) is 1.35. The van der Waals surface area contributed by atoms with Gasteiger partial charge in [0.15, 0.2) is 0 Å². The summed E-state index contributed by atoms with van der Waals surface area (Å²) in [4.78, 5) is 28.9. The number of hydrogen-bond donors (Lipinski definition) is 2. The Labute approximate surface area is 166 Å². The number of para-hydroxylation sites is 1. The fraction of sp³-hybridized carbons (Fsp3) is 0.524. The van der Waals surface area contributed by atoms with E-state index in [4.69, 9.17) is 4.74 Å². The van der Waals surface area contributed by atoms with Crippen molar-refractivity contribution in [2.75, 3.05) is 12.4 Å². The fourth-order valence-electron chi connectivity index (χ4n) is 6.19. The molecule has 142 valence electrons. The number of esters is 1. The molecule has 0 aliphatic heterocycles. The molecule has 1 aromatic carbocycles. The number of benzene rings is 1. The Morgan fingerprint density at radius 2 is 1.89 bits per heavy atom. The highest BCUT2D eigenvalue weighted by Gasteiger charge is 2.59. The maximum atomic E-state index is 13.5. The van der Waals surface area contributed by atoms with Crippen LogP contribution in [0.5, 0.6) is 0 Å². The number of alkyl halides is 1. The number of ether oxygens (including phenoxy) is 1. The van der Waals surface area contributed by atoms with Gasteiger partial charge in [0, 0.05) is 15.2 Å². The van der Waals surface area contributed by atoms with E-state index in [1.54, 1.807) is 0 Å². The lowest BCUT2D eigenvalue weighted by molar-refractivity contribution is -0.138. The van der Waals surface area contributed by atoms with Crippen molar-refractivity contribution < 1.29 is 14.3 Å². The van der Waals surface area contributed by atoms with Gasteiger partial charge in [0.2, 0.25) is 5.91 Å². The molecule has 5 nitrogen and oxygen atoms in total. The molecular weight excluding hydrogens is 408 g/mol. The Morgan fingerprint density at radius 3 is 2.56 bits per heavy atom. The number of H-pyrrole nitrogens is 1. The number of halogens is 1. The molecule has 4 bridgehead atoms. The van der Waals surface area contributed by atoms with Crippen LogP contribution in [0, 0.1) is 17.3 Å². The number of carbonyl (C=O) groups is 2. The smallest absolute Gasteiger partial charge is 0.356 e. The average Bonchev–Trinajstić information content (AvgIpc) is 2.97. The molecule has 2 atom stereocenters. The number of rotatable bonds is 3. The number of anilines is 1. The molecule has 4 fully saturated rings. The van der Waals surface area contributed by atoms with Gasteiger partial charge >= 0.3 is 5.97 Å². The molecule has 2 aromatic rings. The number of carbonyl (C=O) groups excluding carboxylic acids is 2. The molecule has 0 spiro atoms. The zero-order valence-corrected chi connectivity index (χ0v) is 16.9. The minimum Gasteiger partial charge on any atom is -0.464 e. The third kappa shape index (κ3) is 2.64. The van der Waals surface area contributed by atoms with E-state index < -0.39 is 5.97 Å². The van der Waals surface area contributed by atoms with E-state index in [-0.39, 0.29) is 15.6 Å². The Bertz CT molecular complexity index is 936. The maximum absolute atomic E-state index is 13.5. The molecule has 1 aromatic heterocycles. The highest BCUT2D eigenvalue weighted by Crippen LogP contribution is 2.64. The Morgan fingerprint density at radius 1 is 1.19 bits per heavy atom. The van der Waals surface area contributed by atoms with Crippen LogP contribution in [-0.4, -0.2) is 28.3 Å². The normalized spacial score (nSPS) is 34.0. The van der Waals surface area contributed by atoms with Gasteiger partial charge in [-0.05, 0) is 56.4 Å². The zero-order chi connectivity index (χ0) is 18.8. The molecule has 4 aliphatic rings. The SMILES string of the molecule is COC(=O)c1[nH]c2ccccc2c1NC(=O)C12CC3CC(CC(Br)(C3)C1)C2. The van der Waals surface area contributed by atoms with E-state index in [0.717, 1.165) is 30.2 Å². The third-order valence-corrected chi connectivity index (χ3v) is 7.73. The van der Waals surface area contributed by atoms with Gasteiger partial charge in [0.25, 0.3) is 0 Å². The predicted octanol–water partition coefficient (Wildman–Crippen LogP) is 4.63. The maximum Gasteiger partial charge on any atom is 0.356 e. The second kappa shape index (κ2) is 5.84. The van der Waals surface area contributed by atoms with Gasteiger partial charge in [-0.3, -0.25) is 4.79 Å². The van der Waals surface area contributed by atoms with Crippen molar-refractivity contribution in [3.63, 3.8) is 0 Å². The monoisotopic (exact) mass is 430 g/mol. The summed E-state index contributed by atoms with van der Waals surface area (Å²) >= 11 is 3.97. The first-order chi connectivity index (χ1) is 12.9. The van der Waals surface area contributed by atoms with Crippen LogP contribution < -0.4 is 5.32 Å². The van der Waals surface area contributed by atoms with Gasteiger partial charge in [-0.1, -0.05) is 34.1 Å². The van der Waals surface area contributed by atoms with E-state index >= 15 is 0 Å². The van der Waals surface area contributed by atoms with Crippen LogP contribution in [0.2, 0.25) is 0 Å². The molecule has 2 unspecified atom stereocenters. The molecule has 4 aliphatic carbocycles. The number of fused-ring (bicyclic) bond motifs is 1. The summed E-state index contributed by atoms with van der Waals surface area (Å²) in [5.74, 6) is 0.832. The van der Waals surface area contributed by atoms with E-state index in [1.807, 2.05) is 24.3 Å². The second-order valence-corrected chi connectivity index (χ2v) is 10.4. The van der Waals surface area contributed by atoms with Gasteiger partial charge in [-0.15, -0.1) is 0 Å². The molecule has 0 saturated heterocycles. The van der Waals surface area contributed by atoms with Crippen molar-refractivity contribution >= 4 is 44.4 Å². The fourth-order valence-corrected chi connectivity index (χ4v) is 7.64. The van der Waals surface area contributed by atoms with E-state index in [2.05, 4.69) is 26.2 Å². The number of methoxy groups -OCH3 is 1. The van der Waals surface area contributed by atoms with Gasteiger partial charge in [0.1, 0.15) is 5.69 Å². The first-order valence-electron chi connectivity index (χ1n) is 9.61. The summed E-state index contributed by atoms with van der Waals surface area (Å²) in [6, 6.07) is 7.62. The summed E-state index contributed by atoms with van der Waals surface area (Å²) in [5, 5.41) is 3.97. The van der Waals surface area contributed by atoms with Crippen LogP contribution in [0.4, 0.5) is 5.69 Å². The lowest BCUT2D eigenvalue weighted by atomic mass is 9.49. The summed E-state index contributed by atoms with van der Waals surface area (Å²) in [6.07, 6.45) is 6.41. The highest BCUT2D eigenvalue weighted by atomic mass is 79.9. The topological polar surface area (TPSA) is 71.2 Å². The number of aromatic nitrogens is 1. The molecule has 2 N–H and O–H groups in total. The van der Waals surface area contributed by atoms with Crippen molar-refractivity contribution in [1.82, 2.24) is 4.98 Å². The molecule has 4 saturated carbocycles. The average molecular weight is 431 g/mol. The third-order valence-electron chi connectivity index (χ3n) is 6.81. The van der Waals surface area contributed by atoms with Crippen molar-refractivity contribution in [3.05, 3.63) is 30.0 Å². The summed E-state index contributed by atoms with van der Waals surface area (Å²) in [6.45, 7) is 0. The van der Waals surface area contributed by atoms with Crippen molar-refractivity contribution in [2.45, 2.75) is 42.8 Å². The lowest BCUT2D eigenvalue weighted by Gasteiger charge is -2.59. The number of nitrogens with one attached hydrogen (secondary N) is 2. The second-order valence-electron chi connectivity index (χ2n) is 8.76. The minimum absolute atomic E-state index is 0.0512. The van der Waals surface area contributed by atoms with Gasteiger partial charge in [-0.25, -0.2) is 4.79 Å². The number of amides is 1. The van der Waals surface area contributed by atoms with Crippen LogP contribution in [0.1, 0.15) is 49.0 Å². The van der Waals surface area contributed by atoms with Crippen LogP contribution in [0.25, 0.3) is 10.9 Å². The van der Waals surface area contributed by atoms with Crippen LogP contribution >= 0.6 is 15.9 Å². The van der Waals surface area contributed by atoms with E-state index in [0.29, 0.717) is 23.2 Å². The van der Waals surface area contributed by atoms with Crippen molar-refractivity contribution in [3.8, 4) is 0 Å². The molecule has 1 amide bonds. The van der Waals surface area contributed by atoms with Gasteiger partial charge in [0.05, 0.1) is 18.2 Å². The van der Waals surface area contributed by atoms with Crippen LogP contribution in [0.15, 0.2) is 24.3 Å². The van der Waals surface area contributed by atoms with Crippen molar-refractivity contribution in [2.24, 2.45) is 17.3 Å². The minimum atomic E-state index is -0.469. The summed E-state index contributed by atoms with van der Waals surface area (Å²) < 4.78 is 5.04. The van der Waals surface area contributed by atoms with E-state index in [1.165, 1.54) is 26.4 Å². The lowest BCUT2D eigenvalue weighted by Crippen LogP contribution is -2.57. The van der Waals surface area contributed by atoms with Crippen LogP contribution in [0.3, 0.4) is 0 Å². The van der Waals surface area contributed by atoms with Gasteiger partial charge < -0.3 is 15.0 Å². The first kappa shape index (κ1) is 17.3. The highest BCUT2D eigenvalue weighted by molar-refractivity contribution is 9.10. The standard InChI is InChI=1S/C21H23BrN2O3/c1-27-18(25)17-16(14-4-2-3-5-15(14)23-17)24-19(26)20-7-12-6-13(8-20)10-21(22,9-12)11-20/h2-5,12-13,23H,6-11H2,1H3,(H,24,26). The molecule has 1 heterocycles. The van der Waals surface area contributed by atoms with Crippen molar-refractivity contribution in [1.29, 1.82) is 0 Å². The first-order valence-corrected chi connectivity index (χ1v) is 10.4.